The van der Waals surface area contributed by atoms with Crippen LogP contribution in [0.2, 0.25) is 0 Å². The maximum Gasteiger partial charge on any atom is 0.269 e. The lowest BCUT2D eigenvalue weighted by Gasteiger charge is -2.36. The number of anilines is 1. The van der Waals surface area contributed by atoms with Crippen LogP contribution < -0.4 is 4.90 Å². The van der Waals surface area contributed by atoms with Crippen molar-refractivity contribution in [2.75, 3.05) is 29.2 Å². The average Bonchev–Trinajstić information content (AvgIpc) is 2.45. The number of sulfone groups is 1. The summed E-state index contributed by atoms with van der Waals surface area (Å²) in [6, 6.07) is 4.37. The Morgan fingerprint density at radius 2 is 2.24 bits per heavy atom. The molecule has 0 saturated carbocycles. The molecule has 1 saturated heterocycles. The SMILES string of the molecule is CS(=O)(=O)C1CSCCN1c1ccc([N+](=O)[O-])cc1CCl. The fraction of sp³-hybridized carbons (Fsp3) is 0.500. The third-order valence-corrected chi connectivity index (χ3v) is 6.24. The zero-order chi connectivity index (χ0) is 15.6. The summed E-state index contributed by atoms with van der Waals surface area (Å²) in [6.07, 6.45) is 1.21. The quantitative estimate of drug-likeness (QED) is 0.470. The van der Waals surface area contributed by atoms with Crippen molar-refractivity contribution in [3.8, 4) is 0 Å². The van der Waals surface area contributed by atoms with Crippen molar-refractivity contribution in [2.24, 2.45) is 0 Å². The fourth-order valence-electron chi connectivity index (χ4n) is 2.28. The average molecular weight is 351 g/mol. The van der Waals surface area contributed by atoms with Crippen molar-refractivity contribution in [2.45, 2.75) is 11.3 Å². The number of alkyl halides is 1. The van der Waals surface area contributed by atoms with Crippen LogP contribution in [0.3, 0.4) is 0 Å². The van der Waals surface area contributed by atoms with Crippen molar-refractivity contribution in [1.82, 2.24) is 0 Å². The Labute approximate surface area is 132 Å². The van der Waals surface area contributed by atoms with Crippen LogP contribution in [0.5, 0.6) is 0 Å². The summed E-state index contributed by atoms with van der Waals surface area (Å²) in [6.45, 7) is 0.574. The molecule has 0 amide bonds. The lowest BCUT2D eigenvalue weighted by Crippen LogP contribution is -2.47. The lowest BCUT2D eigenvalue weighted by molar-refractivity contribution is -0.384. The summed E-state index contributed by atoms with van der Waals surface area (Å²) in [7, 11) is -3.25. The molecule has 21 heavy (non-hydrogen) atoms. The second-order valence-corrected chi connectivity index (χ2v) is 8.38. The fourth-order valence-corrected chi connectivity index (χ4v) is 5.33. The minimum Gasteiger partial charge on any atom is -0.353 e. The van der Waals surface area contributed by atoms with E-state index in [0.29, 0.717) is 23.5 Å². The van der Waals surface area contributed by atoms with Gasteiger partial charge in [-0.05, 0) is 11.6 Å². The highest BCUT2D eigenvalue weighted by molar-refractivity contribution is 8.01. The highest BCUT2D eigenvalue weighted by Crippen LogP contribution is 2.32. The molecule has 1 unspecified atom stereocenters. The van der Waals surface area contributed by atoms with Crippen molar-refractivity contribution >= 4 is 44.6 Å². The molecule has 9 heteroatoms. The predicted molar refractivity (Wildman–Crippen MR) is 86.0 cm³/mol. The molecule has 2 rings (SSSR count). The van der Waals surface area contributed by atoms with Crippen LogP contribution in [0.15, 0.2) is 18.2 Å². The molecule has 116 valence electrons. The van der Waals surface area contributed by atoms with E-state index in [0.717, 1.165) is 5.75 Å². The summed E-state index contributed by atoms with van der Waals surface area (Å²) >= 11 is 7.47. The number of hydrogen-bond acceptors (Lipinski definition) is 6. The Bertz CT molecular complexity index is 651. The van der Waals surface area contributed by atoms with Gasteiger partial charge in [-0.25, -0.2) is 8.42 Å². The number of nitrogens with zero attached hydrogens (tertiary/aromatic N) is 2. The Hall–Kier alpha value is -0.990. The molecule has 1 fully saturated rings. The van der Waals surface area contributed by atoms with Gasteiger partial charge in [0.2, 0.25) is 0 Å². The summed E-state index contributed by atoms with van der Waals surface area (Å²) < 4.78 is 23.9. The molecule has 1 aliphatic heterocycles. The molecule has 1 aliphatic rings. The largest absolute Gasteiger partial charge is 0.353 e. The van der Waals surface area contributed by atoms with E-state index in [1.165, 1.54) is 18.4 Å². The normalized spacial score (nSPS) is 19.5. The zero-order valence-corrected chi connectivity index (χ0v) is 13.7. The van der Waals surface area contributed by atoms with E-state index in [9.17, 15) is 18.5 Å². The van der Waals surface area contributed by atoms with Gasteiger partial charge in [-0.15, -0.1) is 11.6 Å². The van der Waals surface area contributed by atoms with E-state index >= 15 is 0 Å². The third-order valence-electron chi connectivity index (χ3n) is 3.31. The van der Waals surface area contributed by atoms with Gasteiger partial charge in [0.05, 0.1) is 4.92 Å². The van der Waals surface area contributed by atoms with Crippen LogP contribution in [0.1, 0.15) is 5.56 Å². The number of halogens is 1. The summed E-state index contributed by atoms with van der Waals surface area (Å²) in [5, 5.41) is 10.2. The van der Waals surface area contributed by atoms with E-state index in [2.05, 4.69) is 0 Å². The molecule has 1 heterocycles. The van der Waals surface area contributed by atoms with E-state index < -0.39 is 20.1 Å². The molecule has 0 radical (unpaired) electrons. The minimum absolute atomic E-state index is 0.0447. The van der Waals surface area contributed by atoms with Gasteiger partial charge in [0.25, 0.3) is 5.69 Å². The highest BCUT2D eigenvalue weighted by Gasteiger charge is 2.32. The number of nitro groups is 1. The van der Waals surface area contributed by atoms with Gasteiger partial charge in [-0.3, -0.25) is 10.1 Å². The molecule has 0 aliphatic carbocycles. The van der Waals surface area contributed by atoms with Crippen LogP contribution in [0.25, 0.3) is 0 Å². The molecule has 1 aromatic carbocycles. The number of rotatable bonds is 4. The molecular formula is C12H15ClN2O4S2. The second-order valence-electron chi connectivity index (χ2n) is 4.76. The molecule has 6 nitrogen and oxygen atoms in total. The summed E-state index contributed by atoms with van der Waals surface area (Å²) in [4.78, 5) is 12.1. The summed E-state index contributed by atoms with van der Waals surface area (Å²) in [5.41, 5.74) is 1.19. The van der Waals surface area contributed by atoms with Crippen molar-refractivity contribution < 1.29 is 13.3 Å². The maximum atomic E-state index is 11.9. The second kappa shape index (κ2) is 6.41. The molecule has 0 aromatic heterocycles. The third kappa shape index (κ3) is 3.61. The van der Waals surface area contributed by atoms with Crippen LogP contribution in [0, 0.1) is 10.1 Å². The first-order chi connectivity index (χ1) is 9.84. The molecular weight excluding hydrogens is 336 g/mol. The number of non-ortho nitro benzene ring substituents is 1. The van der Waals surface area contributed by atoms with Gasteiger partial charge < -0.3 is 4.90 Å². The monoisotopic (exact) mass is 350 g/mol. The Kier molecular flexibility index (Phi) is 5.00. The standard InChI is InChI=1S/C12H15ClN2O4S2/c1-21(18,19)12-8-20-5-4-14(12)11-3-2-10(15(16)17)6-9(11)7-13/h2-3,6,12H,4-5,7-8H2,1H3. The summed E-state index contributed by atoms with van der Waals surface area (Å²) in [5.74, 6) is 1.39. The van der Waals surface area contributed by atoms with Crippen LogP contribution in [0.4, 0.5) is 11.4 Å². The molecule has 1 atom stereocenters. The Morgan fingerprint density at radius 3 is 2.81 bits per heavy atom. The maximum absolute atomic E-state index is 11.9. The molecule has 1 aromatic rings. The first-order valence-corrected chi connectivity index (χ1v) is 9.85. The first-order valence-electron chi connectivity index (χ1n) is 6.21. The van der Waals surface area contributed by atoms with Gasteiger partial charge in [-0.2, -0.15) is 11.8 Å². The van der Waals surface area contributed by atoms with Gasteiger partial charge in [-0.1, -0.05) is 0 Å². The van der Waals surface area contributed by atoms with Crippen molar-refractivity contribution in [1.29, 1.82) is 0 Å². The van der Waals surface area contributed by atoms with Crippen LogP contribution in [-0.2, 0) is 15.7 Å². The number of nitro benzene ring substituents is 1. The number of thioether (sulfide) groups is 1. The lowest BCUT2D eigenvalue weighted by atomic mass is 10.1. The van der Waals surface area contributed by atoms with Gasteiger partial charge in [0.1, 0.15) is 5.37 Å². The van der Waals surface area contributed by atoms with E-state index in [4.69, 9.17) is 11.6 Å². The topological polar surface area (TPSA) is 80.5 Å². The number of hydrogen-bond donors (Lipinski definition) is 0. The van der Waals surface area contributed by atoms with Crippen molar-refractivity contribution in [3.63, 3.8) is 0 Å². The highest BCUT2D eigenvalue weighted by atomic mass is 35.5. The van der Waals surface area contributed by atoms with Crippen LogP contribution >= 0.6 is 23.4 Å². The minimum atomic E-state index is -3.25. The Balaban J connectivity index is 2.45. The van der Waals surface area contributed by atoms with Crippen LogP contribution in [-0.4, -0.2) is 43.0 Å². The molecule has 0 N–H and O–H groups in total. The van der Waals surface area contributed by atoms with E-state index in [-0.39, 0.29) is 11.6 Å². The predicted octanol–water partition coefficient (Wildman–Crippen LogP) is 2.26. The molecule has 0 bridgehead atoms. The van der Waals surface area contributed by atoms with Gasteiger partial charge in [0, 0.05) is 48.0 Å². The number of benzene rings is 1. The van der Waals surface area contributed by atoms with Gasteiger partial charge >= 0.3 is 0 Å². The van der Waals surface area contributed by atoms with Crippen molar-refractivity contribution in [3.05, 3.63) is 33.9 Å². The first kappa shape index (κ1) is 16.4. The smallest absolute Gasteiger partial charge is 0.269 e. The van der Waals surface area contributed by atoms with Gasteiger partial charge in [0.15, 0.2) is 9.84 Å². The molecule has 0 spiro atoms. The van der Waals surface area contributed by atoms with E-state index in [1.807, 2.05) is 0 Å². The zero-order valence-electron chi connectivity index (χ0n) is 11.4. The Morgan fingerprint density at radius 1 is 1.52 bits per heavy atom. The van der Waals surface area contributed by atoms with E-state index in [1.54, 1.807) is 22.7 Å².